The Morgan fingerprint density at radius 1 is 1.14 bits per heavy atom. The van der Waals surface area contributed by atoms with Gasteiger partial charge in [0.1, 0.15) is 0 Å². The van der Waals surface area contributed by atoms with Crippen molar-refractivity contribution >= 4 is 48.5 Å². The number of hydrogen-bond acceptors (Lipinski definition) is 5. The van der Waals surface area contributed by atoms with Gasteiger partial charge in [-0.1, -0.05) is 34.8 Å². The summed E-state index contributed by atoms with van der Waals surface area (Å²) in [5.41, 5.74) is 0. The largest absolute Gasteiger partial charge is 0.450 e. The third-order valence-corrected chi connectivity index (χ3v) is 5.56. The Bertz CT molecular complexity index is 373. The number of ether oxygens (including phenoxy) is 1. The Morgan fingerprint density at radius 3 is 1.86 bits per heavy atom. The van der Waals surface area contributed by atoms with Gasteiger partial charge in [0.25, 0.3) is 0 Å². The third kappa shape index (κ3) is 7.91. The fourth-order valence-electron chi connectivity index (χ4n) is 1.36. The van der Waals surface area contributed by atoms with E-state index in [-0.39, 0.29) is 6.61 Å². The zero-order valence-electron chi connectivity index (χ0n) is 12.6. The minimum absolute atomic E-state index is 0.110. The average molecular weight is 385 g/mol. The molecule has 0 aromatic carbocycles. The van der Waals surface area contributed by atoms with Crippen LogP contribution in [0.4, 0.5) is 4.79 Å². The van der Waals surface area contributed by atoms with Crippen LogP contribution in [0.15, 0.2) is 0 Å². The van der Waals surface area contributed by atoms with Gasteiger partial charge >= 0.3 is 13.7 Å². The van der Waals surface area contributed by atoms with Crippen molar-refractivity contribution in [2.75, 3.05) is 6.61 Å². The van der Waals surface area contributed by atoms with Crippen molar-refractivity contribution in [3.8, 4) is 0 Å². The molecule has 6 nitrogen and oxygen atoms in total. The normalized spacial score (nSPS) is 14.4. The molecule has 10 heteroatoms. The number of alkyl carbamates (subject to hydrolysis) is 1. The van der Waals surface area contributed by atoms with Crippen molar-refractivity contribution < 1.29 is 23.1 Å². The molecule has 0 heterocycles. The van der Waals surface area contributed by atoms with Crippen molar-refractivity contribution in [3.63, 3.8) is 0 Å². The molecule has 1 N–H and O–H groups in total. The molecule has 0 rings (SSSR count). The molecule has 1 atom stereocenters. The number of carbonyl (C=O) groups is 1. The Labute approximate surface area is 140 Å². The van der Waals surface area contributed by atoms with Crippen LogP contribution in [0.5, 0.6) is 0 Å². The van der Waals surface area contributed by atoms with Crippen LogP contribution in [0.1, 0.15) is 34.6 Å². The number of nitrogens with one attached hydrogen (secondary N) is 1. The molecule has 0 aliphatic carbocycles. The molecule has 0 fully saturated rings. The summed E-state index contributed by atoms with van der Waals surface area (Å²) in [5, 5.41) is 2.24. The molecule has 21 heavy (non-hydrogen) atoms. The molecule has 0 radical (unpaired) electrons. The van der Waals surface area contributed by atoms with Gasteiger partial charge in [0.15, 0.2) is 5.78 Å². The Balaban J connectivity index is 5.48. The molecule has 0 bridgehead atoms. The molecule has 126 valence electrons. The average Bonchev–Trinajstić information content (AvgIpc) is 2.22. The molecule has 0 saturated carbocycles. The minimum Gasteiger partial charge on any atom is -0.450 e. The molecule has 1 amide bonds. The highest BCUT2D eigenvalue weighted by atomic mass is 35.6. The number of halogens is 3. The lowest BCUT2D eigenvalue weighted by atomic mass is 10.5. The highest BCUT2D eigenvalue weighted by molar-refractivity contribution is 7.55. The van der Waals surface area contributed by atoms with Crippen LogP contribution in [-0.4, -0.2) is 34.5 Å². The van der Waals surface area contributed by atoms with Crippen LogP contribution in [-0.2, 0) is 18.3 Å². The van der Waals surface area contributed by atoms with E-state index in [0.29, 0.717) is 0 Å². The third-order valence-electron chi connectivity index (χ3n) is 1.87. The van der Waals surface area contributed by atoms with E-state index < -0.39 is 35.5 Å². The molecule has 0 spiro atoms. The Hall–Kier alpha value is 0.290. The van der Waals surface area contributed by atoms with E-state index in [1.807, 2.05) is 0 Å². The fraction of sp³-hybridized carbons (Fsp3) is 0.909. The van der Waals surface area contributed by atoms with Crippen LogP contribution in [0.3, 0.4) is 0 Å². The van der Waals surface area contributed by atoms with E-state index >= 15 is 0 Å². The lowest BCUT2D eigenvalue weighted by Gasteiger charge is -2.33. The number of hydrogen-bond donors (Lipinski definition) is 1. The van der Waals surface area contributed by atoms with Gasteiger partial charge in [-0.2, -0.15) is 0 Å². The van der Waals surface area contributed by atoms with Crippen LogP contribution >= 0.6 is 42.4 Å². The fourth-order valence-corrected chi connectivity index (χ4v) is 4.69. The number of rotatable bonds is 7. The van der Waals surface area contributed by atoms with Crippen molar-refractivity contribution in [2.24, 2.45) is 0 Å². The SMILES string of the molecule is CCOC(=O)NC(C(Cl)(Cl)Cl)P(=O)(OC(C)C)OC(C)C. The predicted octanol–water partition coefficient (Wildman–Crippen LogP) is 4.47. The molecule has 0 aliphatic rings. The molecule has 0 aromatic rings. The Morgan fingerprint density at radius 2 is 1.57 bits per heavy atom. The summed E-state index contributed by atoms with van der Waals surface area (Å²) in [6, 6.07) is 0. The lowest BCUT2D eigenvalue weighted by Crippen LogP contribution is -2.45. The first kappa shape index (κ1) is 21.3. The number of alkyl halides is 3. The monoisotopic (exact) mass is 383 g/mol. The van der Waals surface area contributed by atoms with Gasteiger partial charge in [-0.05, 0) is 34.6 Å². The summed E-state index contributed by atoms with van der Waals surface area (Å²) in [6.07, 6.45) is -1.81. The van der Waals surface area contributed by atoms with E-state index in [2.05, 4.69) is 5.32 Å². The summed E-state index contributed by atoms with van der Waals surface area (Å²) in [7, 11) is -3.95. The van der Waals surface area contributed by atoms with E-state index in [4.69, 9.17) is 48.6 Å². The van der Waals surface area contributed by atoms with Gasteiger partial charge in [-0.25, -0.2) is 4.79 Å². The second-order valence-electron chi connectivity index (χ2n) is 4.66. The van der Waals surface area contributed by atoms with Crippen LogP contribution in [0, 0.1) is 0 Å². The van der Waals surface area contributed by atoms with Crippen LogP contribution < -0.4 is 5.32 Å². The maximum atomic E-state index is 13.0. The summed E-state index contributed by atoms with van der Waals surface area (Å²) in [6.45, 7) is 8.32. The first-order valence-corrected chi connectivity index (χ1v) is 9.13. The maximum Gasteiger partial charge on any atom is 0.408 e. The molecule has 0 aromatic heterocycles. The summed E-state index contributed by atoms with van der Waals surface area (Å²) in [5.74, 6) is -1.50. The summed E-state index contributed by atoms with van der Waals surface area (Å²) < 4.78 is 26.2. The van der Waals surface area contributed by atoms with Gasteiger partial charge in [0, 0.05) is 0 Å². The smallest absolute Gasteiger partial charge is 0.408 e. The second kappa shape index (κ2) is 8.80. The quantitative estimate of drug-likeness (QED) is 0.518. The van der Waals surface area contributed by atoms with E-state index in [1.165, 1.54) is 0 Å². The van der Waals surface area contributed by atoms with Crippen molar-refractivity contribution in [3.05, 3.63) is 0 Å². The molecule has 0 aliphatic heterocycles. The molecular weight excluding hydrogens is 363 g/mol. The topological polar surface area (TPSA) is 73.9 Å². The lowest BCUT2D eigenvalue weighted by molar-refractivity contribution is 0.125. The van der Waals surface area contributed by atoms with Crippen molar-refractivity contribution in [2.45, 2.75) is 56.4 Å². The zero-order valence-corrected chi connectivity index (χ0v) is 15.7. The van der Waals surface area contributed by atoms with Crippen molar-refractivity contribution in [1.29, 1.82) is 0 Å². The number of carbonyl (C=O) groups excluding carboxylic acids is 1. The van der Waals surface area contributed by atoms with Crippen LogP contribution in [0.25, 0.3) is 0 Å². The molecule has 1 unspecified atom stereocenters. The van der Waals surface area contributed by atoms with Gasteiger partial charge in [0.05, 0.1) is 18.8 Å². The van der Waals surface area contributed by atoms with E-state index in [9.17, 15) is 9.36 Å². The highest BCUT2D eigenvalue weighted by Gasteiger charge is 2.51. The maximum absolute atomic E-state index is 13.0. The van der Waals surface area contributed by atoms with E-state index in [1.54, 1.807) is 34.6 Å². The van der Waals surface area contributed by atoms with Crippen molar-refractivity contribution in [1.82, 2.24) is 5.32 Å². The van der Waals surface area contributed by atoms with Gasteiger partial charge in [-0.15, -0.1) is 0 Å². The summed E-state index contributed by atoms with van der Waals surface area (Å²) in [4.78, 5) is 11.6. The number of amides is 1. The first-order chi connectivity index (χ1) is 9.42. The van der Waals surface area contributed by atoms with Crippen LogP contribution in [0.2, 0.25) is 0 Å². The molecular formula is C11H21Cl3NO5P. The minimum atomic E-state index is -3.95. The predicted molar refractivity (Wildman–Crippen MR) is 84.3 cm³/mol. The summed E-state index contributed by atoms with van der Waals surface area (Å²) >= 11 is 17.5. The highest BCUT2D eigenvalue weighted by Crippen LogP contribution is 2.60. The van der Waals surface area contributed by atoms with Gasteiger partial charge in [0.2, 0.25) is 3.79 Å². The zero-order chi connectivity index (χ0) is 16.8. The standard InChI is InChI=1S/C11H21Cl3NO5P/c1-6-18-10(16)15-9(11(12,13)14)21(17,19-7(2)3)20-8(4)5/h7-9H,6H2,1-5H3,(H,15,16). The first-order valence-electron chi connectivity index (χ1n) is 6.39. The Kier molecular flexibility index (Phi) is 8.92. The van der Waals surface area contributed by atoms with E-state index in [0.717, 1.165) is 0 Å². The second-order valence-corrected chi connectivity index (χ2v) is 9.04. The van der Waals surface area contributed by atoms with Gasteiger partial charge in [-0.3, -0.25) is 4.57 Å². The molecule has 0 saturated heterocycles. The van der Waals surface area contributed by atoms with Gasteiger partial charge < -0.3 is 19.1 Å².